The first kappa shape index (κ1) is 19.9. The monoisotopic (exact) mass is 286 g/mol. The van der Waals surface area contributed by atoms with Crippen LogP contribution in [0, 0.1) is 0 Å². The van der Waals surface area contributed by atoms with Crippen molar-refractivity contribution in [3.8, 4) is 0 Å². The summed E-state index contributed by atoms with van der Waals surface area (Å²) in [4.78, 5) is 0. The molecule has 0 amide bonds. The van der Waals surface area contributed by atoms with Gasteiger partial charge in [0.1, 0.15) is 0 Å². The van der Waals surface area contributed by atoms with Gasteiger partial charge < -0.3 is 9.47 Å². The Morgan fingerprint density at radius 1 is 0.450 bits per heavy atom. The summed E-state index contributed by atoms with van der Waals surface area (Å²) in [6.45, 7) is 14.5. The molecule has 2 nitrogen and oxygen atoms in total. The molecule has 0 aromatic carbocycles. The lowest BCUT2D eigenvalue weighted by Gasteiger charge is -2.19. The third-order valence-electron chi connectivity index (χ3n) is 3.11. The molecule has 0 bridgehead atoms. The van der Waals surface area contributed by atoms with E-state index in [1.165, 1.54) is 51.4 Å². The summed E-state index contributed by atoms with van der Waals surface area (Å²) in [6.07, 6.45) is 10.5. The van der Waals surface area contributed by atoms with Crippen molar-refractivity contribution in [2.45, 2.75) is 104 Å². The van der Waals surface area contributed by atoms with E-state index in [2.05, 4.69) is 41.5 Å². The van der Waals surface area contributed by atoms with Crippen LogP contribution in [-0.2, 0) is 9.47 Å². The fourth-order valence-corrected chi connectivity index (χ4v) is 2.02. The second kappa shape index (κ2) is 10.6. The highest BCUT2D eigenvalue weighted by Gasteiger charge is 2.09. The van der Waals surface area contributed by atoms with Gasteiger partial charge in [0, 0.05) is 13.2 Å². The maximum Gasteiger partial charge on any atom is 0.0598 e. The lowest BCUT2D eigenvalue weighted by Crippen LogP contribution is -2.19. The number of rotatable bonds is 11. The highest BCUT2D eigenvalue weighted by Crippen LogP contribution is 2.12. The summed E-state index contributed by atoms with van der Waals surface area (Å²) in [5, 5.41) is 0. The van der Waals surface area contributed by atoms with Gasteiger partial charge in [0.05, 0.1) is 11.2 Å². The molecule has 2 heteroatoms. The predicted octanol–water partition coefficient (Wildman–Crippen LogP) is 5.74. The molecule has 0 spiro atoms. The van der Waals surface area contributed by atoms with Crippen molar-refractivity contribution in [2.75, 3.05) is 13.2 Å². The highest BCUT2D eigenvalue weighted by molar-refractivity contribution is 4.59. The zero-order chi connectivity index (χ0) is 15.5. The van der Waals surface area contributed by atoms with E-state index >= 15 is 0 Å². The van der Waals surface area contributed by atoms with Crippen molar-refractivity contribution in [3.63, 3.8) is 0 Å². The standard InChI is InChI=1S/C18H38O2/c1-17(2,3)19-15-13-11-9-7-8-10-12-14-16-20-18(4,5)6/h7-16H2,1-6H3. The van der Waals surface area contributed by atoms with Crippen LogP contribution in [0.25, 0.3) is 0 Å². The first-order chi connectivity index (χ1) is 9.21. The van der Waals surface area contributed by atoms with Crippen LogP contribution in [0.2, 0.25) is 0 Å². The lowest BCUT2D eigenvalue weighted by molar-refractivity contribution is -0.00540. The van der Waals surface area contributed by atoms with E-state index in [0.717, 1.165) is 13.2 Å². The van der Waals surface area contributed by atoms with Gasteiger partial charge >= 0.3 is 0 Å². The van der Waals surface area contributed by atoms with Crippen LogP contribution in [0.15, 0.2) is 0 Å². The molecule has 0 N–H and O–H groups in total. The first-order valence-corrected chi connectivity index (χ1v) is 8.49. The van der Waals surface area contributed by atoms with Gasteiger partial charge in [-0.25, -0.2) is 0 Å². The van der Waals surface area contributed by atoms with Crippen LogP contribution in [0.5, 0.6) is 0 Å². The topological polar surface area (TPSA) is 18.5 Å². The normalized spacial score (nSPS) is 12.9. The van der Waals surface area contributed by atoms with E-state index in [0.29, 0.717) is 0 Å². The van der Waals surface area contributed by atoms with Crippen molar-refractivity contribution < 1.29 is 9.47 Å². The van der Waals surface area contributed by atoms with Crippen LogP contribution >= 0.6 is 0 Å². The summed E-state index contributed by atoms with van der Waals surface area (Å²) in [6, 6.07) is 0. The zero-order valence-corrected chi connectivity index (χ0v) is 14.9. The second-order valence-corrected chi connectivity index (χ2v) is 7.75. The molecular formula is C18H38O2. The van der Waals surface area contributed by atoms with Crippen LogP contribution in [-0.4, -0.2) is 24.4 Å². The molecule has 0 aliphatic carbocycles. The summed E-state index contributed by atoms with van der Waals surface area (Å²) in [5.41, 5.74) is 0.0459. The fourth-order valence-electron chi connectivity index (χ4n) is 2.02. The second-order valence-electron chi connectivity index (χ2n) is 7.75. The van der Waals surface area contributed by atoms with Crippen molar-refractivity contribution in [1.82, 2.24) is 0 Å². The molecule has 0 aliphatic rings. The Morgan fingerprint density at radius 3 is 0.950 bits per heavy atom. The largest absolute Gasteiger partial charge is 0.376 e. The molecule has 0 saturated carbocycles. The lowest BCUT2D eigenvalue weighted by atomic mass is 10.1. The van der Waals surface area contributed by atoms with E-state index in [4.69, 9.17) is 9.47 Å². The number of ether oxygens (including phenoxy) is 2. The van der Waals surface area contributed by atoms with E-state index < -0.39 is 0 Å². The van der Waals surface area contributed by atoms with E-state index in [1.807, 2.05) is 0 Å². The van der Waals surface area contributed by atoms with Gasteiger partial charge in [0.15, 0.2) is 0 Å². The Kier molecular flexibility index (Phi) is 10.6. The minimum absolute atomic E-state index is 0.0229. The van der Waals surface area contributed by atoms with Crippen LogP contribution in [0.1, 0.15) is 92.9 Å². The van der Waals surface area contributed by atoms with Gasteiger partial charge in [-0.1, -0.05) is 38.5 Å². The summed E-state index contributed by atoms with van der Waals surface area (Å²) >= 11 is 0. The Bertz CT molecular complexity index is 186. The van der Waals surface area contributed by atoms with Gasteiger partial charge in [-0.15, -0.1) is 0 Å². The van der Waals surface area contributed by atoms with E-state index in [9.17, 15) is 0 Å². The van der Waals surface area contributed by atoms with Gasteiger partial charge in [0.25, 0.3) is 0 Å². The third kappa shape index (κ3) is 17.9. The molecular weight excluding hydrogens is 248 g/mol. The molecule has 122 valence electrons. The molecule has 0 fully saturated rings. The smallest absolute Gasteiger partial charge is 0.0598 e. The van der Waals surface area contributed by atoms with Crippen molar-refractivity contribution >= 4 is 0 Å². The molecule has 0 aliphatic heterocycles. The SMILES string of the molecule is CC(C)(C)OCCCCCCCCCCOC(C)(C)C. The van der Waals surface area contributed by atoms with Crippen molar-refractivity contribution in [3.05, 3.63) is 0 Å². The fraction of sp³-hybridized carbons (Fsp3) is 1.00. The molecule has 0 radical (unpaired) electrons. The summed E-state index contributed by atoms with van der Waals surface area (Å²) < 4.78 is 11.4. The Morgan fingerprint density at radius 2 is 0.700 bits per heavy atom. The molecule has 0 rings (SSSR count). The maximum atomic E-state index is 5.71. The van der Waals surface area contributed by atoms with Crippen molar-refractivity contribution in [2.24, 2.45) is 0 Å². The maximum absolute atomic E-state index is 5.71. The average molecular weight is 286 g/mol. The van der Waals surface area contributed by atoms with Gasteiger partial charge in [-0.3, -0.25) is 0 Å². The van der Waals surface area contributed by atoms with Crippen LogP contribution < -0.4 is 0 Å². The summed E-state index contributed by atoms with van der Waals surface area (Å²) in [7, 11) is 0. The number of hydrogen-bond acceptors (Lipinski definition) is 2. The molecule has 0 aromatic rings. The average Bonchev–Trinajstić information content (AvgIpc) is 2.27. The molecule has 0 saturated heterocycles. The molecule has 0 unspecified atom stereocenters. The minimum atomic E-state index is 0.0229. The van der Waals surface area contributed by atoms with Gasteiger partial charge in [-0.2, -0.15) is 0 Å². The molecule has 0 heterocycles. The Balaban J connectivity index is 3.10. The molecule has 0 aromatic heterocycles. The molecule has 0 atom stereocenters. The predicted molar refractivity (Wildman–Crippen MR) is 88.3 cm³/mol. The Labute approximate surface area is 127 Å². The number of hydrogen-bond donors (Lipinski definition) is 0. The number of unbranched alkanes of at least 4 members (excludes halogenated alkanes) is 7. The van der Waals surface area contributed by atoms with Crippen molar-refractivity contribution in [1.29, 1.82) is 0 Å². The quantitative estimate of drug-likeness (QED) is 0.451. The molecule has 20 heavy (non-hydrogen) atoms. The van der Waals surface area contributed by atoms with E-state index in [1.54, 1.807) is 0 Å². The highest BCUT2D eigenvalue weighted by atomic mass is 16.5. The first-order valence-electron chi connectivity index (χ1n) is 8.49. The van der Waals surface area contributed by atoms with Gasteiger partial charge in [0.2, 0.25) is 0 Å². The van der Waals surface area contributed by atoms with Crippen LogP contribution in [0.3, 0.4) is 0 Å². The zero-order valence-electron chi connectivity index (χ0n) is 14.9. The third-order valence-corrected chi connectivity index (χ3v) is 3.11. The summed E-state index contributed by atoms with van der Waals surface area (Å²) in [5.74, 6) is 0. The van der Waals surface area contributed by atoms with Gasteiger partial charge in [-0.05, 0) is 54.4 Å². The van der Waals surface area contributed by atoms with Crippen LogP contribution in [0.4, 0.5) is 0 Å². The minimum Gasteiger partial charge on any atom is -0.376 e. The Hall–Kier alpha value is -0.0800. The van der Waals surface area contributed by atoms with E-state index in [-0.39, 0.29) is 11.2 Å².